The molecule has 10 atom stereocenters. The summed E-state index contributed by atoms with van der Waals surface area (Å²) in [4.78, 5) is 0. The van der Waals surface area contributed by atoms with E-state index in [4.69, 9.17) is 18.9 Å². The van der Waals surface area contributed by atoms with E-state index in [9.17, 15) is 10.3 Å². The maximum absolute atomic E-state index is 12.4. The van der Waals surface area contributed by atoms with E-state index in [0.717, 1.165) is 44.9 Å². The number of aliphatic hydroxyl groups is 1. The van der Waals surface area contributed by atoms with E-state index in [2.05, 4.69) is 25.9 Å². The Morgan fingerprint density at radius 3 is 2.59 bits per heavy atom. The first kappa shape index (κ1) is 24.9. The molecule has 0 bridgehead atoms. The number of ether oxygens (including phenoxy) is 4. The zero-order valence-electron chi connectivity index (χ0n) is 21.9. The third-order valence-electron chi connectivity index (χ3n) is 11.0. The lowest BCUT2D eigenvalue weighted by Crippen LogP contribution is -2.76. The SMILES string of the molecule is COCO[C@]12CC[C@H](C=NO)[C@@]1(C)C[C@@H](C)C1C2CC[C@]2(O)C[C@@H](C)C[C@H]3OC(C)(C)OC[C@]132. The maximum atomic E-state index is 12.4. The number of oxime groups is 1. The molecule has 1 spiro atoms. The fraction of sp³-hybridized carbons (Fsp3) is 0.963. The van der Waals surface area contributed by atoms with Gasteiger partial charge in [-0.1, -0.05) is 20.8 Å². The van der Waals surface area contributed by atoms with Crippen molar-refractivity contribution in [1.29, 1.82) is 0 Å². The first-order valence-corrected chi connectivity index (χ1v) is 13.3. The van der Waals surface area contributed by atoms with Crippen molar-refractivity contribution in [3.8, 4) is 0 Å². The molecule has 1 heterocycles. The molecule has 7 nitrogen and oxygen atoms in total. The normalized spacial score (nSPS) is 54.2. The van der Waals surface area contributed by atoms with E-state index in [0.29, 0.717) is 18.4 Å². The van der Waals surface area contributed by atoms with E-state index in [1.807, 2.05) is 13.8 Å². The number of hydrogen-bond acceptors (Lipinski definition) is 7. The largest absolute Gasteiger partial charge is 0.411 e. The average Bonchev–Trinajstić information content (AvgIpc) is 3.02. The van der Waals surface area contributed by atoms with Gasteiger partial charge in [0.1, 0.15) is 6.79 Å². The second-order valence-corrected chi connectivity index (χ2v) is 13.0. The predicted molar refractivity (Wildman–Crippen MR) is 127 cm³/mol. The molecule has 194 valence electrons. The zero-order chi connectivity index (χ0) is 24.6. The first-order valence-electron chi connectivity index (χ1n) is 13.3. The van der Waals surface area contributed by atoms with Crippen molar-refractivity contribution < 1.29 is 29.3 Å². The van der Waals surface area contributed by atoms with Crippen LogP contribution in [0.1, 0.15) is 79.6 Å². The quantitative estimate of drug-likeness (QED) is 0.265. The van der Waals surface area contributed by atoms with Gasteiger partial charge in [-0.2, -0.15) is 0 Å². The lowest BCUT2D eigenvalue weighted by Gasteiger charge is -2.72. The summed E-state index contributed by atoms with van der Waals surface area (Å²) >= 11 is 0. The second-order valence-electron chi connectivity index (χ2n) is 13.0. The Morgan fingerprint density at radius 2 is 1.88 bits per heavy atom. The predicted octanol–water partition coefficient (Wildman–Crippen LogP) is 4.59. The van der Waals surface area contributed by atoms with Crippen LogP contribution in [-0.4, -0.2) is 60.1 Å². The number of methoxy groups -OCH3 is 1. The summed E-state index contributed by atoms with van der Waals surface area (Å²) in [6.45, 7) is 11.7. The van der Waals surface area contributed by atoms with Crippen molar-refractivity contribution >= 4 is 6.21 Å². The molecule has 0 aromatic heterocycles. The molecule has 5 aliphatic rings. The topological polar surface area (TPSA) is 89.7 Å². The molecule has 5 rings (SSSR count). The minimum Gasteiger partial charge on any atom is -0.411 e. The summed E-state index contributed by atoms with van der Waals surface area (Å²) in [6, 6.07) is 0. The van der Waals surface area contributed by atoms with E-state index in [1.165, 1.54) is 0 Å². The summed E-state index contributed by atoms with van der Waals surface area (Å²) in [5.74, 6) is 0.725. The molecule has 2 unspecified atom stereocenters. The molecule has 4 saturated carbocycles. The van der Waals surface area contributed by atoms with Gasteiger partial charge in [-0.3, -0.25) is 0 Å². The van der Waals surface area contributed by atoms with Crippen LogP contribution in [0.15, 0.2) is 5.16 Å². The highest BCUT2D eigenvalue weighted by molar-refractivity contribution is 5.63. The van der Waals surface area contributed by atoms with Crippen LogP contribution in [0.4, 0.5) is 0 Å². The Balaban J connectivity index is 1.64. The van der Waals surface area contributed by atoms with E-state index >= 15 is 0 Å². The van der Waals surface area contributed by atoms with Gasteiger partial charge in [-0.25, -0.2) is 0 Å². The lowest BCUT2D eigenvalue weighted by atomic mass is 9.38. The molecular formula is C27H45NO6. The Bertz CT molecular complexity index is 819. The summed E-state index contributed by atoms with van der Waals surface area (Å²) in [6.07, 6.45) is 7.86. The van der Waals surface area contributed by atoms with Crippen molar-refractivity contribution in [2.75, 3.05) is 20.5 Å². The summed E-state index contributed by atoms with van der Waals surface area (Å²) < 4.78 is 25.3. The highest BCUT2D eigenvalue weighted by atomic mass is 16.7. The van der Waals surface area contributed by atoms with Crippen molar-refractivity contribution in [2.24, 2.45) is 45.6 Å². The van der Waals surface area contributed by atoms with Gasteiger partial charge in [0.05, 0.1) is 29.3 Å². The molecule has 0 aromatic rings. The van der Waals surface area contributed by atoms with Crippen LogP contribution in [0.25, 0.3) is 0 Å². The van der Waals surface area contributed by atoms with Gasteiger partial charge < -0.3 is 29.3 Å². The lowest BCUT2D eigenvalue weighted by molar-refractivity contribution is -0.399. The molecule has 5 fully saturated rings. The maximum Gasteiger partial charge on any atom is 0.163 e. The van der Waals surface area contributed by atoms with Gasteiger partial charge in [0.2, 0.25) is 0 Å². The minimum absolute atomic E-state index is 0.0414. The number of rotatable bonds is 4. The monoisotopic (exact) mass is 479 g/mol. The molecule has 1 aliphatic heterocycles. The Hall–Kier alpha value is -0.730. The Labute approximate surface area is 204 Å². The highest BCUT2D eigenvalue weighted by Gasteiger charge is 2.76. The molecule has 34 heavy (non-hydrogen) atoms. The van der Waals surface area contributed by atoms with E-state index in [1.54, 1.807) is 13.3 Å². The standard InChI is InChI=1S/C27H45NO6/c1-17-11-21-26(15-32-23(3,4)34-21)22-18(2)13-24(5)19(14-28-30)7-10-27(24,33-16-31-6)20(22)8-9-25(26,29)12-17/h14,17-22,29-30H,7-13,15-16H2,1-6H3/t17-,18+,19+,20?,21+,22?,24+,25-,26+,27-/m0/s1. The van der Waals surface area contributed by atoms with Gasteiger partial charge >= 0.3 is 0 Å². The van der Waals surface area contributed by atoms with Crippen LogP contribution in [0, 0.1) is 40.4 Å². The molecule has 0 amide bonds. The van der Waals surface area contributed by atoms with Crippen molar-refractivity contribution in [2.45, 2.75) is 103 Å². The van der Waals surface area contributed by atoms with Gasteiger partial charge in [-0.15, -0.1) is 5.16 Å². The number of hydrogen-bond donors (Lipinski definition) is 2. The van der Waals surface area contributed by atoms with E-state index in [-0.39, 0.29) is 36.1 Å². The molecular weight excluding hydrogens is 434 g/mol. The number of nitrogens with zero attached hydrogens (tertiary/aromatic N) is 1. The van der Waals surface area contributed by atoms with Gasteiger partial charge in [-0.05, 0) is 82.5 Å². The van der Waals surface area contributed by atoms with Crippen molar-refractivity contribution in [3.63, 3.8) is 0 Å². The van der Waals surface area contributed by atoms with Crippen molar-refractivity contribution in [3.05, 3.63) is 0 Å². The van der Waals surface area contributed by atoms with Crippen molar-refractivity contribution in [1.82, 2.24) is 0 Å². The fourth-order valence-electron chi connectivity index (χ4n) is 9.94. The Morgan fingerprint density at radius 1 is 1.12 bits per heavy atom. The average molecular weight is 480 g/mol. The van der Waals surface area contributed by atoms with Crippen LogP contribution in [-0.2, 0) is 18.9 Å². The van der Waals surface area contributed by atoms with Gasteiger partial charge in [0.25, 0.3) is 0 Å². The molecule has 1 saturated heterocycles. The Kier molecular flexibility index (Phi) is 5.97. The van der Waals surface area contributed by atoms with Gasteiger partial charge in [0.15, 0.2) is 5.79 Å². The molecule has 2 N–H and O–H groups in total. The molecule has 7 heteroatoms. The van der Waals surface area contributed by atoms with Gasteiger partial charge in [0, 0.05) is 24.7 Å². The van der Waals surface area contributed by atoms with E-state index < -0.39 is 22.4 Å². The smallest absolute Gasteiger partial charge is 0.163 e. The van der Waals surface area contributed by atoms with Crippen LogP contribution in [0.3, 0.4) is 0 Å². The number of fused-ring (bicyclic) bond motifs is 3. The highest BCUT2D eigenvalue weighted by Crippen LogP contribution is 2.73. The first-order chi connectivity index (χ1) is 16.0. The summed E-state index contributed by atoms with van der Waals surface area (Å²) in [5.41, 5.74) is -1.83. The zero-order valence-corrected chi connectivity index (χ0v) is 21.9. The van der Waals surface area contributed by atoms with Crippen LogP contribution >= 0.6 is 0 Å². The second kappa shape index (κ2) is 8.14. The molecule has 0 radical (unpaired) electrons. The third kappa shape index (κ3) is 3.16. The fourth-order valence-corrected chi connectivity index (χ4v) is 9.94. The van der Waals surface area contributed by atoms with Crippen LogP contribution in [0.2, 0.25) is 0 Å². The summed E-state index contributed by atoms with van der Waals surface area (Å²) in [5, 5.41) is 25.3. The molecule has 4 aliphatic carbocycles. The minimum atomic E-state index is -0.804. The third-order valence-corrected chi connectivity index (χ3v) is 11.0. The summed E-state index contributed by atoms with van der Waals surface area (Å²) in [7, 11) is 1.68. The molecule has 0 aromatic carbocycles. The van der Waals surface area contributed by atoms with Crippen LogP contribution < -0.4 is 0 Å². The van der Waals surface area contributed by atoms with Crippen LogP contribution in [0.5, 0.6) is 0 Å².